The Balaban J connectivity index is 1.27. The van der Waals surface area contributed by atoms with Crippen molar-refractivity contribution in [1.82, 2.24) is 4.90 Å². The number of hydrogen-bond donors (Lipinski definition) is 2. The van der Waals surface area contributed by atoms with E-state index in [4.69, 9.17) is 33.3 Å². The van der Waals surface area contributed by atoms with Gasteiger partial charge in [0.15, 0.2) is 0 Å². The van der Waals surface area contributed by atoms with Gasteiger partial charge in [-0.05, 0) is 66.5 Å². The summed E-state index contributed by atoms with van der Waals surface area (Å²) in [5, 5.41) is 12.4. The van der Waals surface area contributed by atoms with Crippen LogP contribution in [0.2, 0.25) is 10.0 Å². The summed E-state index contributed by atoms with van der Waals surface area (Å²) in [5.74, 6) is 0.727. The summed E-state index contributed by atoms with van der Waals surface area (Å²) in [6, 6.07) is 13.3. The summed E-state index contributed by atoms with van der Waals surface area (Å²) in [6.45, 7) is 4.76. The second kappa shape index (κ2) is 10.6. The second-order valence-electron chi connectivity index (χ2n) is 8.50. The summed E-state index contributed by atoms with van der Waals surface area (Å²) in [5.41, 5.74) is 2.77. The Bertz CT molecular complexity index is 1030. The van der Waals surface area contributed by atoms with Crippen LogP contribution in [0.5, 0.6) is 0 Å². The highest BCUT2D eigenvalue weighted by molar-refractivity contribution is 6.32. The number of halogens is 2. The fourth-order valence-corrected chi connectivity index (χ4v) is 4.52. The van der Waals surface area contributed by atoms with Gasteiger partial charge in [-0.2, -0.15) is 0 Å². The summed E-state index contributed by atoms with van der Waals surface area (Å²) < 4.78 is 4.85. The summed E-state index contributed by atoms with van der Waals surface area (Å²) >= 11 is 12.4. The zero-order valence-electron chi connectivity index (χ0n) is 18.6. The zero-order valence-corrected chi connectivity index (χ0v) is 20.1. The van der Waals surface area contributed by atoms with Gasteiger partial charge in [0.1, 0.15) is 5.84 Å². The van der Waals surface area contributed by atoms with Crippen LogP contribution < -0.4 is 10.2 Å². The lowest BCUT2D eigenvalue weighted by molar-refractivity contribution is -0.142. The lowest BCUT2D eigenvalue weighted by Crippen LogP contribution is -2.47. The Morgan fingerprint density at radius 2 is 1.88 bits per heavy atom. The van der Waals surface area contributed by atoms with Crippen molar-refractivity contribution in [3.05, 3.63) is 64.1 Å². The van der Waals surface area contributed by atoms with Crippen molar-refractivity contribution in [3.8, 4) is 0 Å². The summed E-state index contributed by atoms with van der Waals surface area (Å²) in [7, 11) is 1.46. The fraction of sp³-hybridized carbons (Fsp3) is 0.360. The molecular formula is C25H28Cl2N4O2. The summed E-state index contributed by atoms with van der Waals surface area (Å²) in [4.78, 5) is 16.4. The van der Waals surface area contributed by atoms with Crippen LogP contribution in [0.15, 0.2) is 48.5 Å². The number of amidine groups is 1. The number of esters is 1. The van der Waals surface area contributed by atoms with Crippen LogP contribution in [-0.4, -0.2) is 56.5 Å². The van der Waals surface area contributed by atoms with E-state index in [-0.39, 0.29) is 17.7 Å². The van der Waals surface area contributed by atoms with Crippen LogP contribution in [0.3, 0.4) is 0 Å². The van der Waals surface area contributed by atoms with E-state index < -0.39 is 0 Å². The van der Waals surface area contributed by atoms with E-state index in [0.29, 0.717) is 16.0 Å². The van der Waals surface area contributed by atoms with Gasteiger partial charge in [-0.15, -0.1) is 0 Å². The standard InChI is InChI=1S/C25H28Cl2N4O2/c1-33-25(32)22-14-18(22)16-30-10-12-31(13-11-30)21-8-2-17(23(27)15-21)3-9-24(28)29-20-6-4-19(26)5-7-20/h2-9,15,18,22H,10-14,16H2,1H3,(H2,28,29)/b9-3+. The van der Waals surface area contributed by atoms with Crippen LogP contribution in [0.4, 0.5) is 11.4 Å². The van der Waals surface area contributed by atoms with Crippen molar-refractivity contribution in [2.75, 3.05) is 50.1 Å². The number of carbonyl (C=O) groups is 1. The molecule has 174 valence electrons. The number of nitrogens with one attached hydrogen (secondary N) is 2. The second-order valence-corrected chi connectivity index (χ2v) is 9.34. The maximum Gasteiger partial charge on any atom is 0.308 e. The predicted octanol–water partition coefficient (Wildman–Crippen LogP) is 5.03. The minimum absolute atomic E-state index is 0.0710. The molecule has 2 atom stereocenters. The highest BCUT2D eigenvalue weighted by Crippen LogP contribution is 2.40. The molecule has 2 aliphatic rings. The third kappa shape index (κ3) is 6.28. The molecule has 2 aromatic carbocycles. The molecule has 1 heterocycles. The van der Waals surface area contributed by atoms with E-state index in [1.54, 1.807) is 18.2 Å². The zero-order chi connectivity index (χ0) is 23.4. The molecule has 33 heavy (non-hydrogen) atoms. The summed E-state index contributed by atoms with van der Waals surface area (Å²) in [6.07, 6.45) is 4.47. The molecular weight excluding hydrogens is 459 g/mol. The average Bonchev–Trinajstić information content (AvgIpc) is 3.59. The van der Waals surface area contributed by atoms with Crippen molar-refractivity contribution in [3.63, 3.8) is 0 Å². The average molecular weight is 487 g/mol. The van der Waals surface area contributed by atoms with Crippen LogP contribution in [0.1, 0.15) is 12.0 Å². The first-order chi connectivity index (χ1) is 15.9. The topological polar surface area (TPSA) is 68.7 Å². The molecule has 0 radical (unpaired) electrons. The molecule has 1 saturated carbocycles. The molecule has 8 heteroatoms. The lowest BCUT2D eigenvalue weighted by atomic mass is 10.1. The number of anilines is 2. The Hall–Kier alpha value is -2.54. The van der Waals surface area contributed by atoms with E-state index >= 15 is 0 Å². The number of carbonyl (C=O) groups excluding carboxylic acids is 1. The first-order valence-electron chi connectivity index (χ1n) is 11.1. The van der Waals surface area contributed by atoms with Crippen LogP contribution in [0.25, 0.3) is 6.08 Å². The van der Waals surface area contributed by atoms with Crippen LogP contribution in [0, 0.1) is 17.2 Å². The number of benzene rings is 2. The first kappa shape index (κ1) is 23.6. The minimum Gasteiger partial charge on any atom is -0.469 e. The van der Waals surface area contributed by atoms with E-state index in [9.17, 15) is 4.79 Å². The van der Waals surface area contributed by atoms with Gasteiger partial charge in [0.2, 0.25) is 0 Å². The molecule has 1 saturated heterocycles. The normalized spacial score (nSPS) is 20.6. The minimum atomic E-state index is -0.0710. The third-order valence-corrected chi connectivity index (χ3v) is 6.77. The largest absolute Gasteiger partial charge is 0.469 e. The van der Waals surface area contributed by atoms with Crippen LogP contribution >= 0.6 is 23.2 Å². The molecule has 1 aliphatic heterocycles. The molecule has 0 aromatic heterocycles. The van der Waals surface area contributed by atoms with Gasteiger partial charge in [0.25, 0.3) is 0 Å². The lowest BCUT2D eigenvalue weighted by Gasteiger charge is -2.36. The fourth-order valence-electron chi connectivity index (χ4n) is 4.16. The van der Waals surface area contributed by atoms with Crippen molar-refractivity contribution >= 4 is 52.5 Å². The predicted molar refractivity (Wildman–Crippen MR) is 136 cm³/mol. The molecule has 2 unspecified atom stereocenters. The van der Waals surface area contributed by atoms with E-state index in [1.807, 2.05) is 30.3 Å². The number of ether oxygens (including phenoxy) is 1. The molecule has 1 aliphatic carbocycles. The Morgan fingerprint density at radius 1 is 1.15 bits per heavy atom. The number of rotatable bonds is 7. The van der Waals surface area contributed by atoms with Gasteiger partial charge in [-0.3, -0.25) is 15.1 Å². The number of piperazine rings is 1. The Kier molecular flexibility index (Phi) is 7.58. The molecule has 0 bridgehead atoms. The monoisotopic (exact) mass is 486 g/mol. The molecule has 0 spiro atoms. The van der Waals surface area contributed by atoms with Gasteiger partial charge in [-0.1, -0.05) is 29.3 Å². The molecule has 2 N–H and O–H groups in total. The molecule has 4 rings (SSSR count). The Labute approximate surface area is 204 Å². The molecule has 0 amide bonds. The van der Waals surface area contributed by atoms with E-state index in [2.05, 4.69) is 21.2 Å². The van der Waals surface area contributed by atoms with Gasteiger partial charge < -0.3 is 15.0 Å². The maximum atomic E-state index is 11.6. The van der Waals surface area contributed by atoms with Crippen molar-refractivity contribution in [1.29, 1.82) is 5.41 Å². The van der Waals surface area contributed by atoms with Crippen molar-refractivity contribution in [2.45, 2.75) is 6.42 Å². The molecule has 2 aromatic rings. The Morgan fingerprint density at radius 3 is 2.55 bits per heavy atom. The molecule has 2 fully saturated rings. The maximum absolute atomic E-state index is 11.6. The van der Waals surface area contributed by atoms with Gasteiger partial charge in [-0.25, -0.2) is 0 Å². The highest BCUT2D eigenvalue weighted by Gasteiger charge is 2.44. The first-order valence-corrected chi connectivity index (χ1v) is 11.8. The van der Waals surface area contributed by atoms with E-state index in [0.717, 1.165) is 56.1 Å². The van der Waals surface area contributed by atoms with Crippen molar-refractivity contribution in [2.24, 2.45) is 11.8 Å². The number of nitrogens with zero attached hydrogens (tertiary/aromatic N) is 2. The number of methoxy groups -OCH3 is 1. The van der Waals surface area contributed by atoms with Gasteiger partial charge in [0.05, 0.1) is 13.0 Å². The third-order valence-electron chi connectivity index (χ3n) is 6.19. The van der Waals surface area contributed by atoms with Crippen molar-refractivity contribution < 1.29 is 9.53 Å². The smallest absolute Gasteiger partial charge is 0.308 e. The molecule has 6 nitrogen and oxygen atoms in total. The van der Waals surface area contributed by atoms with E-state index in [1.165, 1.54) is 7.11 Å². The quantitative estimate of drug-likeness (QED) is 0.326. The van der Waals surface area contributed by atoms with Crippen LogP contribution in [-0.2, 0) is 9.53 Å². The van der Waals surface area contributed by atoms with Gasteiger partial charge >= 0.3 is 5.97 Å². The van der Waals surface area contributed by atoms with Gasteiger partial charge in [0, 0.05) is 54.1 Å². The number of hydrogen-bond acceptors (Lipinski definition) is 5. The SMILES string of the molecule is COC(=O)C1CC1CN1CCN(c2ccc(/C=C/C(=N)Nc3ccc(Cl)cc3)c(Cl)c2)CC1. The highest BCUT2D eigenvalue weighted by atomic mass is 35.5.